The molecule has 1 aromatic carbocycles. The monoisotopic (exact) mass is 306 g/mol. The first kappa shape index (κ1) is 14.7. The molecule has 21 heavy (non-hydrogen) atoms. The Hall–Kier alpha value is -1.22. The first-order valence-electron chi connectivity index (χ1n) is 7.95. The van der Waals surface area contributed by atoms with Crippen molar-refractivity contribution in [3.05, 3.63) is 28.8 Å². The van der Waals surface area contributed by atoms with Gasteiger partial charge in [-0.05, 0) is 55.4 Å². The number of piperidine rings is 1. The van der Waals surface area contributed by atoms with Crippen LogP contribution in [0.2, 0.25) is 5.02 Å². The van der Waals surface area contributed by atoms with Crippen molar-refractivity contribution >= 4 is 23.3 Å². The Morgan fingerprint density at radius 3 is 2.76 bits per heavy atom. The van der Waals surface area contributed by atoms with Gasteiger partial charge in [0.05, 0.1) is 0 Å². The van der Waals surface area contributed by atoms with E-state index < -0.39 is 0 Å². The second kappa shape index (κ2) is 6.27. The highest BCUT2D eigenvalue weighted by Crippen LogP contribution is 2.36. The summed E-state index contributed by atoms with van der Waals surface area (Å²) in [7, 11) is 0. The van der Waals surface area contributed by atoms with Gasteiger partial charge in [-0.2, -0.15) is 0 Å². The number of aryl methyl sites for hydroxylation is 1. The van der Waals surface area contributed by atoms with Gasteiger partial charge in [-0.3, -0.25) is 0 Å². The molecule has 2 amide bonds. The van der Waals surface area contributed by atoms with Gasteiger partial charge in [-0.25, -0.2) is 4.79 Å². The molecule has 2 atom stereocenters. The number of hydrogen-bond acceptors (Lipinski definition) is 1. The average Bonchev–Trinajstić information content (AvgIpc) is 2.49. The molecule has 3 rings (SSSR count). The van der Waals surface area contributed by atoms with Gasteiger partial charge in [0, 0.05) is 23.8 Å². The van der Waals surface area contributed by atoms with Crippen LogP contribution in [0.3, 0.4) is 0 Å². The number of likely N-dealkylation sites (tertiary alicyclic amines) is 1. The lowest BCUT2D eigenvalue weighted by Crippen LogP contribution is -2.46. The first-order chi connectivity index (χ1) is 10.1. The fourth-order valence-electron chi connectivity index (χ4n) is 3.75. The van der Waals surface area contributed by atoms with E-state index in [4.69, 9.17) is 11.6 Å². The summed E-state index contributed by atoms with van der Waals surface area (Å²) in [4.78, 5) is 14.4. The second-order valence-corrected chi connectivity index (χ2v) is 6.87. The SMILES string of the molecule is Cc1cc(Cl)ccc1NC(=O)N1CC[C@H]2CCCC[C@@H]2C1. The standard InChI is InChI=1S/C17H23ClN2O/c1-12-10-15(18)6-7-16(12)19-17(21)20-9-8-13-4-2-3-5-14(13)11-20/h6-7,10,13-14H,2-5,8-9,11H2,1H3,(H,19,21)/t13-,14-/m1/s1. The van der Waals surface area contributed by atoms with Crippen LogP contribution in [0.25, 0.3) is 0 Å². The lowest BCUT2D eigenvalue weighted by Gasteiger charge is -2.41. The van der Waals surface area contributed by atoms with Gasteiger partial charge in [0.1, 0.15) is 0 Å². The number of halogens is 1. The van der Waals surface area contributed by atoms with Crippen molar-refractivity contribution in [2.24, 2.45) is 11.8 Å². The fraction of sp³-hybridized carbons (Fsp3) is 0.588. The van der Waals surface area contributed by atoms with Gasteiger partial charge >= 0.3 is 6.03 Å². The van der Waals surface area contributed by atoms with E-state index in [1.807, 2.05) is 30.0 Å². The zero-order valence-corrected chi connectivity index (χ0v) is 13.3. The molecule has 0 radical (unpaired) electrons. The summed E-state index contributed by atoms with van der Waals surface area (Å²) in [6.07, 6.45) is 6.51. The van der Waals surface area contributed by atoms with E-state index in [1.54, 1.807) is 0 Å². The number of benzene rings is 1. The third-order valence-electron chi connectivity index (χ3n) is 5.01. The highest BCUT2D eigenvalue weighted by Gasteiger charge is 2.32. The van der Waals surface area contributed by atoms with Crippen LogP contribution in [0.4, 0.5) is 10.5 Å². The topological polar surface area (TPSA) is 32.3 Å². The van der Waals surface area contributed by atoms with Gasteiger partial charge < -0.3 is 10.2 Å². The van der Waals surface area contributed by atoms with Crippen LogP contribution >= 0.6 is 11.6 Å². The quantitative estimate of drug-likeness (QED) is 0.802. The number of anilines is 1. The van der Waals surface area contributed by atoms with Gasteiger partial charge in [0.25, 0.3) is 0 Å². The summed E-state index contributed by atoms with van der Waals surface area (Å²) in [6.45, 7) is 3.78. The molecule has 1 N–H and O–H groups in total. The number of rotatable bonds is 1. The summed E-state index contributed by atoms with van der Waals surface area (Å²) >= 11 is 5.96. The van der Waals surface area contributed by atoms with E-state index >= 15 is 0 Å². The molecule has 114 valence electrons. The van der Waals surface area contributed by atoms with Crippen LogP contribution in [0.5, 0.6) is 0 Å². The summed E-state index contributed by atoms with van der Waals surface area (Å²) in [6, 6.07) is 5.61. The minimum atomic E-state index is 0.0319. The first-order valence-corrected chi connectivity index (χ1v) is 8.33. The third-order valence-corrected chi connectivity index (χ3v) is 5.24. The molecule has 1 heterocycles. The van der Waals surface area contributed by atoms with E-state index in [0.29, 0.717) is 10.9 Å². The van der Waals surface area contributed by atoms with Crippen LogP contribution in [0, 0.1) is 18.8 Å². The smallest absolute Gasteiger partial charge is 0.321 e. The molecule has 0 aromatic heterocycles. The van der Waals surface area contributed by atoms with Crippen molar-refractivity contribution in [1.82, 2.24) is 4.90 Å². The molecule has 0 spiro atoms. The molecule has 1 aromatic rings. The van der Waals surface area contributed by atoms with Crippen LogP contribution in [0.1, 0.15) is 37.7 Å². The zero-order valence-electron chi connectivity index (χ0n) is 12.6. The summed E-state index contributed by atoms with van der Waals surface area (Å²) < 4.78 is 0. The van der Waals surface area contributed by atoms with E-state index in [0.717, 1.165) is 36.7 Å². The van der Waals surface area contributed by atoms with Crippen molar-refractivity contribution in [2.75, 3.05) is 18.4 Å². The molecular formula is C17H23ClN2O. The van der Waals surface area contributed by atoms with Gasteiger partial charge in [-0.15, -0.1) is 0 Å². The highest BCUT2D eigenvalue weighted by atomic mass is 35.5. The molecule has 4 heteroatoms. The van der Waals surface area contributed by atoms with Crippen molar-refractivity contribution in [3.8, 4) is 0 Å². The molecule has 2 fully saturated rings. The minimum Gasteiger partial charge on any atom is -0.324 e. The lowest BCUT2D eigenvalue weighted by atomic mass is 9.75. The fourth-order valence-corrected chi connectivity index (χ4v) is 3.97. The highest BCUT2D eigenvalue weighted by molar-refractivity contribution is 6.30. The Bertz CT molecular complexity index is 532. The lowest BCUT2D eigenvalue weighted by molar-refractivity contribution is 0.108. The number of carbonyl (C=O) groups is 1. The van der Waals surface area contributed by atoms with Crippen LogP contribution in [0.15, 0.2) is 18.2 Å². The van der Waals surface area contributed by atoms with E-state index in [2.05, 4.69) is 5.32 Å². The molecule has 2 aliphatic rings. The van der Waals surface area contributed by atoms with E-state index in [9.17, 15) is 4.79 Å². The maximum atomic E-state index is 12.5. The molecule has 1 saturated carbocycles. The number of hydrogen-bond donors (Lipinski definition) is 1. The molecule has 0 bridgehead atoms. The van der Waals surface area contributed by atoms with Gasteiger partial charge in [0.15, 0.2) is 0 Å². The Labute approximate surface area is 131 Å². The number of urea groups is 1. The third kappa shape index (κ3) is 3.34. The Morgan fingerprint density at radius 1 is 1.24 bits per heavy atom. The predicted octanol–water partition coefficient (Wildman–Crippen LogP) is 4.69. The number of carbonyl (C=O) groups excluding carboxylic acids is 1. The largest absolute Gasteiger partial charge is 0.324 e. The van der Waals surface area contributed by atoms with Crippen LogP contribution < -0.4 is 5.32 Å². The average molecular weight is 307 g/mol. The Kier molecular flexibility index (Phi) is 4.39. The van der Waals surface area contributed by atoms with Crippen LogP contribution in [-0.2, 0) is 0 Å². The zero-order chi connectivity index (χ0) is 14.8. The van der Waals surface area contributed by atoms with Crippen LogP contribution in [-0.4, -0.2) is 24.0 Å². The summed E-state index contributed by atoms with van der Waals surface area (Å²) in [5.74, 6) is 1.56. The Morgan fingerprint density at radius 2 is 2.00 bits per heavy atom. The number of amides is 2. The van der Waals surface area contributed by atoms with Crippen molar-refractivity contribution in [3.63, 3.8) is 0 Å². The minimum absolute atomic E-state index is 0.0319. The van der Waals surface area contributed by atoms with Crippen molar-refractivity contribution < 1.29 is 4.79 Å². The number of nitrogens with zero attached hydrogens (tertiary/aromatic N) is 1. The van der Waals surface area contributed by atoms with E-state index in [1.165, 1.54) is 25.7 Å². The van der Waals surface area contributed by atoms with E-state index in [-0.39, 0.29) is 6.03 Å². The molecular weight excluding hydrogens is 284 g/mol. The second-order valence-electron chi connectivity index (χ2n) is 6.43. The predicted molar refractivity (Wildman–Crippen MR) is 86.8 cm³/mol. The normalized spacial score (nSPS) is 25.3. The maximum absolute atomic E-state index is 12.5. The Balaban J connectivity index is 1.63. The molecule has 1 saturated heterocycles. The van der Waals surface area contributed by atoms with Gasteiger partial charge in [0.2, 0.25) is 0 Å². The molecule has 1 aliphatic carbocycles. The summed E-state index contributed by atoms with van der Waals surface area (Å²) in [5.41, 5.74) is 1.86. The summed E-state index contributed by atoms with van der Waals surface area (Å²) in [5, 5.41) is 3.73. The maximum Gasteiger partial charge on any atom is 0.321 e. The molecule has 0 unspecified atom stereocenters. The number of nitrogens with one attached hydrogen (secondary N) is 1. The molecule has 3 nitrogen and oxygen atoms in total. The molecule has 1 aliphatic heterocycles. The van der Waals surface area contributed by atoms with Crippen molar-refractivity contribution in [2.45, 2.75) is 39.0 Å². The van der Waals surface area contributed by atoms with Crippen molar-refractivity contribution in [1.29, 1.82) is 0 Å². The number of fused-ring (bicyclic) bond motifs is 1. The van der Waals surface area contributed by atoms with Gasteiger partial charge in [-0.1, -0.05) is 30.9 Å².